The number of nitrogens with zero attached hydrogens (tertiary/aromatic N) is 3. The second-order valence-electron chi connectivity index (χ2n) is 10.2. The van der Waals surface area contributed by atoms with Crippen molar-refractivity contribution in [1.29, 1.82) is 0 Å². The van der Waals surface area contributed by atoms with Crippen LogP contribution < -0.4 is 5.32 Å². The highest BCUT2D eigenvalue weighted by molar-refractivity contribution is 5.76. The number of ether oxygens (including phenoxy) is 1. The summed E-state index contributed by atoms with van der Waals surface area (Å²) in [6, 6.07) is 24.3. The van der Waals surface area contributed by atoms with E-state index in [1.54, 1.807) is 12.1 Å². The highest BCUT2D eigenvalue weighted by Crippen LogP contribution is 2.36. The number of unbranched alkanes of at least 4 members (excludes halogenated alkanes) is 1. The molecule has 0 saturated carbocycles. The lowest BCUT2D eigenvalue weighted by Crippen LogP contribution is -2.36. The summed E-state index contributed by atoms with van der Waals surface area (Å²) in [7, 11) is 0. The van der Waals surface area contributed by atoms with Gasteiger partial charge in [-0.15, -0.1) is 5.73 Å². The summed E-state index contributed by atoms with van der Waals surface area (Å²) >= 11 is 0. The number of hydrogen-bond donors (Lipinski definition) is 1. The first-order chi connectivity index (χ1) is 20.0. The molecule has 5 rings (SSSR count). The van der Waals surface area contributed by atoms with Crippen LogP contribution in [0.4, 0.5) is 15.9 Å². The highest BCUT2D eigenvalue weighted by Gasteiger charge is 2.31. The lowest BCUT2D eigenvalue weighted by atomic mass is 10.0. The Morgan fingerprint density at radius 3 is 2.49 bits per heavy atom. The Balaban J connectivity index is 1.48. The molecule has 1 aliphatic heterocycles. The Morgan fingerprint density at radius 1 is 1.07 bits per heavy atom. The number of fused-ring (bicyclic) bond motifs is 1. The number of carbonyl (C=O) groups is 1. The van der Waals surface area contributed by atoms with Crippen molar-refractivity contribution in [2.45, 2.75) is 52.3 Å². The Kier molecular flexibility index (Phi) is 8.66. The number of esters is 1. The topological polar surface area (TPSA) is 59.4 Å². The van der Waals surface area contributed by atoms with Crippen LogP contribution in [0.2, 0.25) is 0 Å². The van der Waals surface area contributed by atoms with Gasteiger partial charge >= 0.3 is 5.97 Å². The number of carbonyl (C=O) groups excluding carboxylic acids is 1. The fourth-order valence-corrected chi connectivity index (χ4v) is 5.04. The third-order valence-corrected chi connectivity index (χ3v) is 7.26. The molecule has 210 valence electrons. The second-order valence-corrected chi connectivity index (χ2v) is 10.2. The average molecular weight is 551 g/mol. The Labute approximate surface area is 240 Å². The van der Waals surface area contributed by atoms with Gasteiger partial charge in [-0.25, -0.2) is 9.37 Å². The minimum Gasteiger partial charge on any atom is -0.450 e. The van der Waals surface area contributed by atoms with Crippen molar-refractivity contribution in [2.75, 3.05) is 11.9 Å². The Morgan fingerprint density at radius 2 is 1.80 bits per heavy atom. The zero-order valence-electron chi connectivity index (χ0n) is 23.6. The fourth-order valence-electron chi connectivity index (χ4n) is 5.04. The molecule has 6 nitrogen and oxygen atoms in total. The molecule has 7 heteroatoms. The van der Waals surface area contributed by atoms with Crippen molar-refractivity contribution in [1.82, 2.24) is 14.5 Å². The first kappa shape index (κ1) is 27.9. The largest absolute Gasteiger partial charge is 0.450 e. The van der Waals surface area contributed by atoms with E-state index in [9.17, 15) is 9.18 Å². The van der Waals surface area contributed by atoms with Gasteiger partial charge < -0.3 is 19.5 Å². The Hall–Kier alpha value is -4.61. The van der Waals surface area contributed by atoms with Gasteiger partial charge in [-0.05, 0) is 55.3 Å². The van der Waals surface area contributed by atoms with Gasteiger partial charge in [-0.2, -0.15) is 0 Å². The third-order valence-electron chi connectivity index (χ3n) is 7.26. The second kappa shape index (κ2) is 12.7. The van der Waals surface area contributed by atoms with Crippen LogP contribution >= 0.6 is 0 Å². The molecule has 3 aromatic carbocycles. The zero-order valence-corrected chi connectivity index (χ0v) is 23.6. The van der Waals surface area contributed by atoms with Gasteiger partial charge in [0.1, 0.15) is 28.9 Å². The van der Waals surface area contributed by atoms with Crippen molar-refractivity contribution in [3.05, 3.63) is 120 Å². The van der Waals surface area contributed by atoms with Gasteiger partial charge in [0, 0.05) is 30.8 Å². The summed E-state index contributed by atoms with van der Waals surface area (Å²) in [5.74, 6) is 1.15. The number of halogens is 1. The van der Waals surface area contributed by atoms with Crippen LogP contribution in [0.15, 0.2) is 96.9 Å². The maximum atomic E-state index is 13.8. The smallest absolute Gasteiger partial charge is 0.306 e. The minimum atomic E-state index is -0.624. The molecule has 0 saturated heterocycles. The van der Waals surface area contributed by atoms with Crippen molar-refractivity contribution in [3.63, 3.8) is 0 Å². The molecular formula is C34H35FN4O2. The van der Waals surface area contributed by atoms with Crippen LogP contribution in [0, 0.1) is 12.7 Å². The van der Waals surface area contributed by atoms with Crippen LogP contribution in [-0.2, 0) is 22.6 Å². The monoisotopic (exact) mass is 550 g/mol. The lowest BCUT2D eigenvalue weighted by Gasteiger charge is -2.34. The van der Waals surface area contributed by atoms with Gasteiger partial charge in [0.25, 0.3) is 0 Å². The van der Waals surface area contributed by atoms with Crippen molar-refractivity contribution in [3.8, 4) is 11.3 Å². The van der Waals surface area contributed by atoms with E-state index in [0.717, 1.165) is 47.0 Å². The number of imidazole rings is 1. The Bertz CT molecular complexity index is 1540. The van der Waals surface area contributed by atoms with Gasteiger partial charge in [0.05, 0.1) is 6.54 Å². The maximum Gasteiger partial charge on any atom is 0.306 e. The summed E-state index contributed by atoms with van der Waals surface area (Å²) in [5.41, 5.74) is 8.34. The van der Waals surface area contributed by atoms with Crippen molar-refractivity contribution < 1.29 is 13.9 Å². The first-order valence-electron chi connectivity index (χ1n) is 14.0. The number of hydrogen-bond acceptors (Lipinski definition) is 5. The molecule has 1 aliphatic rings. The molecule has 0 aliphatic carbocycles. The van der Waals surface area contributed by atoms with E-state index in [-0.39, 0.29) is 11.8 Å². The van der Waals surface area contributed by atoms with E-state index in [4.69, 9.17) is 9.72 Å². The van der Waals surface area contributed by atoms with Gasteiger partial charge in [0.15, 0.2) is 6.10 Å². The fraction of sp³-hybridized carbons (Fsp3) is 0.265. The molecule has 1 unspecified atom stereocenters. The summed E-state index contributed by atoms with van der Waals surface area (Å²) < 4.78 is 22.0. The highest BCUT2D eigenvalue weighted by atomic mass is 19.1. The summed E-state index contributed by atoms with van der Waals surface area (Å²) in [6.45, 7) is 9.83. The van der Waals surface area contributed by atoms with E-state index >= 15 is 0 Å². The predicted octanol–water partition coefficient (Wildman–Crippen LogP) is 7.70. The van der Waals surface area contributed by atoms with E-state index in [1.165, 1.54) is 17.7 Å². The molecule has 0 amide bonds. The standard InChI is InChI=1S/C34H35FN4O2/c1-4-6-12-31(40)41-33(26-10-8-7-9-11-26)29(5-2)38-21-22-39-30(23-38)37-32(25-15-17-27(35)18-16-25)34(39)36-28-19-13-24(3)14-20-28/h7-11,13-20,33,36H,2,4,6,12,21-23H2,1,3H3. The van der Waals surface area contributed by atoms with Crippen molar-refractivity contribution in [2.24, 2.45) is 0 Å². The van der Waals surface area contributed by atoms with E-state index < -0.39 is 6.10 Å². The summed E-state index contributed by atoms with van der Waals surface area (Å²) in [5, 5.41) is 3.56. The molecule has 4 aromatic rings. The third kappa shape index (κ3) is 6.42. The number of anilines is 2. The number of aryl methyl sites for hydroxylation is 1. The molecule has 1 aromatic heterocycles. The molecule has 1 atom stereocenters. The molecule has 0 fully saturated rings. The SMILES string of the molecule is C=C=C(C(OC(=O)CCCC)c1ccccc1)N1CCn2c(nc(-c3ccc(F)cc3)c2Nc2ccc(C)cc2)C1. The molecule has 2 heterocycles. The van der Waals surface area contributed by atoms with Crippen LogP contribution in [0.25, 0.3) is 11.3 Å². The predicted molar refractivity (Wildman–Crippen MR) is 160 cm³/mol. The molecular weight excluding hydrogens is 515 g/mol. The van der Waals surface area contributed by atoms with Crippen LogP contribution in [0.3, 0.4) is 0 Å². The molecule has 0 spiro atoms. The number of nitrogens with one attached hydrogen (secondary N) is 1. The maximum absolute atomic E-state index is 13.8. The zero-order chi connectivity index (χ0) is 28.8. The van der Waals surface area contributed by atoms with E-state index in [0.29, 0.717) is 31.8 Å². The molecule has 41 heavy (non-hydrogen) atoms. The number of aromatic nitrogens is 2. The van der Waals surface area contributed by atoms with Crippen molar-refractivity contribution >= 4 is 17.5 Å². The van der Waals surface area contributed by atoms with E-state index in [2.05, 4.69) is 53.1 Å². The van der Waals surface area contributed by atoms with Crippen LogP contribution in [-0.4, -0.2) is 27.0 Å². The normalized spacial score (nSPS) is 13.2. The van der Waals surface area contributed by atoms with Gasteiger partial charge in [-0.3, -0.25) is 4.79 Å². The lowest BCUT2D eigenvalue weighted by molar-refractivity contribution is -0.148. The molecule has 0 radical (unpaired) electrons. The van der Waals surface area contributed by atoms with E-state index in [1.807, 2.05) is 42.5 Å². The quantitative estimate of drug-likeness (QED) is 0.162. The molecule has 1 N–H and O–H groups in total. The summed E-state index contributed by atoms with van der Waals surface area (Å²) in [4.78, 5) is 19.9. The molecule has 0 bridgehead atoms. The van der Waals surface area contributed by atoms with Crippen LogP contribution in [0.5, 0.6) is 0 Å². The van der Waals surface area contributed by atoms with Crippen LogP contribution in [0.1, 0.15) is 49.2 Å². The number of rotatable bonds is 10. The van der Waals surface area contributed by atoms with Gasteiger partial charge in [-0.1, -0.05) is 68.0 Å². The summed E-state index contributed by atoms with van der Waals surface area (Å²) in [6.07, 6.45) is 1.43. The average Bonchev–Trinajstić information content (AvgIpc) is 3.35. The van der Waals surface area contributed by atoms with Gasteiger partial charge in [0.2, 0.25) is 0 Å². The first-order valence-corrected chi connectivity index (χ1v) is 14.0. The minimum absolute atomic E-state index is 0.241. The number of benzene rings is 3.